The van der Waals surface area contributed by atoms with E-state index in [9.17, 15) is 8.78 Å². The Labute approximate surface area is 193 Å². The summed E-state index contributed by atoms with van der Waals surface area (Å²) in [4.78, 5) is 0.412. The third-order valence-corrected chi connectivity index (χ3v) is 6.51. The lowest BCUT2D eigenvalue weighted by Crippen LogP contribution is -2.05. The standard InChI is InChI=1S/C21H22ClF2N3O2S2/c1-28-11-5-10-27-19(15-6-3-4-7-16(15)22)25-26-21(27)30-13-14-8-9-18(31-20(23)24)17(12-14)29-2/h3-4,6-9,12,20H,5,10-11,13H2,1-2H3. The van der Waals surface area contributed by atoms with Crippen LogP contribution in [0.15, 0.2) is 52.5 Å². The zero-order valence-corrected chi connectivity index (χ0v) is 19.4. The minimum Gasteiger partial charge on any atom is -0.496 e. The molecule has 5 nitrogen and oxygen atoms in total. The second kappa shape index (κ2) is 11.7. The third-order valence-electron chi connectivity index (χ3n) is 4.37. The van der Waals surface area contributed by atoms with E-state index in [0.717, 1.165) is 22.7 Å². The quantitative estimate of drug-likeness (QED) is 0.236. The van der Waals surface area contributed by atoms with Crippen molar-refractivity contribution in [3.63, 3.8) is 0 Å². The lowest BCUT2D eigenvalue weighted by atomic mass is 10.2. The normalized spacial score (nSPS) is 11.3. The summed E-state index contributed by atoms with van der Waals surface area (Å²) in [5.74, 6) is -0.781. The van der Waals surface area contributed by atoms with Gasteiger partial charge in [0.25, 0.3) is 5.76 Å². The molecule has 31 heavy (non-hydrogen) atoms. The highest BCUT2D eigenvalue weighted by atomic mass is 35.5. The van der Waals surface area contributed by atoms with Crippen LogP contribution in [0, 0.1) is 0 Å². The number of ether oxygens (including phenoxy) is 2. The Morgan fingerprint density at radius 2 is 1.94 bits per heavy atom. The van der Waals surface area contributed by atoms with E-state index >= 15 is 0 Å². The zero-order valence-electron chi connectivity index (χ0n) is 17.1. The molecule has 166 valence electrons. The van der Waals surface area contributed by atoms with Crippen LogP contribution in [-0.4, -0.2) is 41.3 Å². The highest BCUT2D eigenvalue weighted by molar-refractivity contribution is 7.99. The number of methoxy groups -OCH3 is 2. The molecule has 0 saturated carbocycles. The first-order valence-electron chi connectivity index (χ1n) is 9.45. The predicted octanol–water partition coefficient (Wildman–Crippen LogP) is 6.25. The van der Waals surface area contributed by atoms with Gasteiger partial charge in [-0.15, -0.1) is 10.2 Å². The van der Waals surface area contributed by atoms with Gasteiger partial charge in [-0.25, -0.2) is 0 Å². The average molecular weight is 486 g/mol. The van der Waals surface area contributed by atoms with Crippen LogP contribution in [0.25, 0.3) is 11.4 Å². The molecule has 10 heteroatoms. The fourth-order valence-electron chi connectivity index (χ4n) is 2.95. The summed E-state index contributed by atoms with van der Waals surface area (Å²) >= 11 is 8.36. The van der Waals surface area contributed by atoms with E-state index in [2.05, 4.69) is 10.2 Å². The number of nitrogens with zero attached hydrogens (tertiary/aromatic N) is 3. The number of benzene rings is 2. The van der Waals surface area contributed by atoms with Gasteiger partial charge in [0.2, 0.25) is 0 Å². The second-order valence-corrected chi connectivity index (χ2v) is 8.82. The van der Waals surface area contributed by atoms with Gasteiger partial charge in [-0.2, -0.15) is 8.78 Å². The molecule has 0 N–H and O–H groups in total. The van der Waals surface area contributed by atoms with Crippen LogP contribution < -0.4 is 4.74 Å². The molecule has 0 saturated heterocycles. The van der Waals surface area contributed by atoms with Gasteiger partial charge in [0.05, 0.1) is 17.0 Å². The first-order valence-corrected chi connectivity index (χ1v) is 11.7. The van der Waals surface area contributed by atoms with Crippen molar-refractivity contribution < 1.29 is 18.3 Å². The largest absolute Gasteiger partial charge is 0.496 e. The van der Waals surface area contributed by atoms with Gasteiger partial charge in [-0.3, -0.25) is 0 Å². The molecule has 0 aliphatic rings. The van der Waals surface area contributed by atoms with Crippen molar-refractivity contribution in [2.75, 3.05) is 20.8 Å². The number of halogens is 3. The molecule has 0 spiro atoms. The molecule has 3 rings (SSSR count). The maximum Gasteiger partial charge on any atom is 0.289 e. The monoisotopic (exact) mass is 485 g/mol. The molecule has 0 bridgehead atoms. The summed E-state index contributed by atoms with van der Waals surface area (Å²) in [5, 5.41) is 10.1. The molecule has 0 amide bonds. The maximum absolute atomic E-state index is 12.7. The molecule has 0 radical (unpaired) electrons. The van der Waals surface area contributed by atoms with E-state index in [0.29, 0.717) is 52.2 Å². The van der Waals surface area contributed by atoms with Crippen molar-refractivity contribution >= 4 is 35.1 Å². The minimum atomic E-state index is -2.50. The highest BCUT2D eigenvalue weighted by Crippen LogP contribution is 2.36. The van der Waals surface area contributed by atoms with Crippen molar-refractivity contribution in [2.24, 2.45) is 0 Å². The van der Waals surface area contributed by atoms with E-state index in [4.69, 9.17) is 21.1 Å². The molecule has 2 aromatic carbocycles. The number of hydrogen-bond acceptors (Lipinski definition) is 6. The molecular weight excluding hydrogens is 464 g/mol. The molecule has 0 aliphatic carbocycles. The molecule has 0 unspecified atom stereocenters. The Balaban J connectivity index is 1.82. The van der Waals surface area contributed by atoms with Crippen LogP contribution in [0.3, 0.4) is 0 Å². The van der Waals surface area contributed by atoms with E-state index in [1.165, 1.54) is 18.9 Å². The third kappa shape index (κ3) is 6.35. The van der Waals surface area contributed by atoms with Crippen LogP contribution in [0.4, 0.5) is 8.78 Å². The van der Waals surface area contributed by atoms with Gasteiger partial charge in [-0.1, -0.05) is 53.3 Å². The Morgan fingerprint density at radius 1 is 1.13 bits per heavy atom. The zero-order chi connectivity index (χ0) is 22.2. The summed E-state index contributed by atoms with van der Waals surface area (Å²) in [6.07, 6.45) is 0.799. The highest BCUT2D eigenvalue weighted by Gasteiger charge is 2.17. The summed E-state index contributed by atoms with van der Waals surface area (Å²) in [6.45, 7) is 1.29. The first-order chi connectivity index (χ1) is 15.0. The number of rotatable bonds is 11. The van der Waals surface area contributed by atoms with Crippen LogP contribution >= 0.6 is 35.1 Å². The van der Waals surface area contributed by atoms with Gasteiger partial charge >= 0.3 is 0 Å². The fourth-order valence-corrected chi connectivity index (χ4v) is 4.67. The van der Waals surface area contributed by atoms with Crippen LogP contribution in [0.5, 0.6) is 5.75 Å². The Hall–Kier alpha value is -1.81. The average Bonchev–Trinajstić information content (AvgIpc) is 3.15. The van der Waals surface area contributed by atoms with Crippen molar-refractivity contribution in [1.82, 2.24) is 14.8 Å². The Bertz CT molecular complexity index is 1000. The van der Waals surface area contributed by atoms with Crippen LogP contribution in [0.2, 0.25) is 5.02 Å². The van der Waals surface area contributed by atoms with Crippen LogP contribution in [-0.2, 0) is 17.0 Å². The van der Waals surface area contributed by atoms with E-state index < -0.39 is 5.76 Å². The van der Waals surface area contributed by atoms with Crippen molar-refractivity contribution in [1.29, 1.82) is 0 Å². The van der Waals surface area contributed by atoms with Crippen molar-refractivity contribution in [2.45, 2.75) is 34.5 Å². The van der Waals surface area contributed by atoms with Gasteiger partial charge in [0.15, 0.2) is 11.0 Å². The van der Waals surface area contributed by atoms with Crippen molar-refractivity contribution in [3.8, 4) is 17.1 Å². The Kier molecular flexibility index (Phi) is 9.01. The Morgan fingerprint density at radius 3 is 2.65 bits per heavy atom. The second-order valence-electron chi connectivity index (χ2n) is 6.44. The van der Waals surface area contributed by atoms with E-state index in [1.807, 2.05) is 34.9 Å². The molecular formula is C21H22ClF2N3O2S2. The molecule has 1 aromatic heterocycles. The van der Waals surface area contributed by atoms with Gasteiger partial charge in [-0.05, 0) is 36.2 Å². The smallest absolute Gasteiger partial charge is 0.289 e. The fraction of sp³-hybridized carbons (Fsp3) is 0.333. The lowest BCUT2D eigenvalue weighted by molar-refractivity contribution is 0.189. The van der Waals surface area contributed by atoms with E-state index in [-0.39, 0.29) is 0 Å². The van der Waals surface area contributed by atoms with Gasteiger partial charge in [0, 0.05) is 31.6 Å². The molecule has 0 atom stereocenters. The summed E-state index contributed by atoms with van der Waals surface area (Å²) < 4.78 is 37.9. The summed E-state index contributed by atoms with van der Waals surface area (Å²) in [7, 11) is 3.14. The number of aromatic nitrogens is 3. The lowest BCUT2D eigenvalue weighted by Gasteiger charge is -2.12. The number of alkyl halides is 2. The number of thioether (sulfide) groups is 2. The summed E-state index contributed by atoms with van der Waals surface area (Å²) in [5.41, 5.74) is 1.75. The van der Waals surface area contributed by atoms with Gasteiger partial charge < -0.3 is 14.0 Å². The van der Waals surface area contributed by atoms with E-state index in [1.54, 1.807) is 19.2 Å². The molecule has 0 aliphatic heterocycles. The van der Waals surface area contributed by atoms with Gasteiger partial charge in [0.1, 0.15) is 5.75 Å². The number of hydrogen-bond donors (Lipinski definition) is 0. The van der Waals surface area contributed by atoms with Crippen molar-refractivity contribution in [3.05, 3.63) is 53.1 Å². The molecule has 3 aromatic rings. The summed E-state index contributed by atoms with van der Waals surface area (Å²) in [6, 6.07) is 12.8. The minimum absolute atomic E-state index is 0.412. The molecule has 0 fully saturated rings. The predicted molar refractivity (Wildman–Crippen MR) is 121 cm³/mol. The SMILES string of the molecule is COCCCn1c(SCc2ccc(SC(F)F)c(OC)c2)nnc1-c1ccccc1Cl. The topological polar surface area (TPSA) is 49.2 Å². The van der Waals surface area contributed by atoms with Crippen LogP contribution in [0.1, 0.15) is 12.0 Å². The maximum atomic E-state index is 12.7. The molecule has 1 heterocycles. The first kappa shape index (κ1) is 23.8.